The van der Waals surface area contributed by atoms with Crippen LogP contribution in [0, 0.1) is 5.92 Å². The van der Waals surface area contributed by atoms with Crippen LogP contribution < -0.4 is 10.6 Å². The first-order valence-corrected chi connectivity index (χ1v) is 8.10. The van der Waals surface area contributed by atoms with Crippen molar-refractivity contribution in [2.45, 2.75) is 25.7 Å². The normalized spacial score (nSPS) is 23.9. The van der Waals surface area contributed by atoms with Crippen molar-refractivity contribution in [1.82, 2.24) is 20.4 Å². The van der Waals surface area contributed by atoms with Gasteiger partial charge in [-0.3, -0.25) is 14.5 Å². The first-order valence-electron chi connectivity index (χ1n) is 8.10. The molecule has 2 heterocycles. The van der Waals surface area contributed by atoms with Gasteiger partial charge in [-0.05, 0) is 38.3 Å². The second-order valence-corrected chi connectivity index (χ2v) is 6.08. The van der Waals surface area contributed by atoms with E-state index in [-0.39, 0.29) is 11.8 Å². The SMILES string of the molecule is CNC(=O)CN1CCN(C(=O)CCC2CCCNC2)CC1. The lowest BCUT2D eigenvalue weighted by Crippen LogP contribution is -2.51. The molecule has 21 heavy (non-hydrogen) atoms. The van der Waals surface area contributed by atoms with E-state index in [0.717, 1.165) is 45.7 Å². The van der Waals surface area contributed by atoms with Gasteiger partial charge in [0.1, 0.15) is 0 Å². The second kappa shape index (κ2) is 8.34. The van der Waals surface area contributed by atoms with Gasteiger partial charge in [-0.15, -0.1) is 0 Å². The van der Waals surface area contributed by atoms with Gasteiger partial charge >= 0.3 is 0 Å². The molecule has 2 amide bonds. The maximum absolute atomic E-state index is 12.2. The quantitative estimate of drug-likeness (QED) is 0.728. The second-order valence-electron chi connectivity index (χ2n) is 6.08. The first kappa shape index (κ1) is 16.2. The van der Waals surface area contributed by atoms with Crippen LogP contribution in [-0.2, 0) is 9.59 Å². The van der Waals surface area contributed by atoms with Gasteiger partial charge in [0.2, 0.25) is 11.8 Å². The molecular weight excluding hydrogens is 268 g/mol. The molecule has 2 fully saturated rings. The Kier molecular flexibility index (Phi) is 6.45. The molecule has 1 unspecified atom stereocenters. The number of rotatable bonds is 5. The minimum atomic E-state index is 0.0413. The largest absolute Gasteiger partial charge is 0.358 e. The zero-order valence-corrected chi connectivity index (χ0v) is 13.1. The van der Waals surface area contributed by atoms with Crippen LogP contribution in [0.4, 0.5) is 0 Å². The third-order valence-corrected chi connectivity index (χ3v) is 4.54. The molecule has 6 heteroatoms. The summed E-state index contributed by atoms with van der Waals surface area (Å²) in [4.78, 5) is 27.6. The van der Waals surface area contributed by atoms with Gasteiger partial charge in [-0.25, -0.2) is 0 Å². The first-order chi connectivity index (χ1) is 10.2. The average molecular weight is 296 g/mol. The van der Waals surface area contributed by atoms with Crippen LogP contribution in [0.3, 0.4) is 0 Å². The lowest BCUT2D eigenvalue weighted by molar-refractivity contribution is -0.133. The minimum Gasteiger partial charge on any atom is -0.358 e. The molecule has 0 aromatic heterocycles. The number of nitrogens with one attached hydrogen (secondary N) is 2. The van der Waals surface area contributed by atoms with Crippen LogP contribution >= 0.6 is 0 Å². The number of amides is 2. The van der Waals surface area contributed by atoms with E-state index in [0.29, 0.717) is 18.9 Å². The summed E-state index contributed by atoms with van der Waals surface area (Å²) in [6, 6.07) is 0. The smallest absolute Gasteiger partial charge is 0.233 e. The number of carbonyl (C=O) groups is 2. The monoisotopic (exact) mass is 296 g/mol. The third-order valence-electron chi connectivity index (χ3n) is 4.54. The molecule has 0 radical (unpaired) electrons. The van der Waals surface area contributed by atoms with Gasteiger partial charge in [-0.1, -0.05) is 0 Å². The number of piperidine rings is 1. The van der Waals surface area contributed by atoms with E-state index in [4.69, 9.17) is 0 Å². The molecule has 2 aliphatic heterocycles. The Morgan fingerprint density at radius 3 is 2.62 bits per heavy atom. The van der Waals surface area contributed by atoms with Crippen molar-refractivity contribution in [3.8, 4) is 0 Å². The zero-order chi connectivity index (χ0) is 15.1. The predicted molar refractivity (Wildman–Crippen MR) is 81.9 cm³/mol. The van der Waals surface area contributed by atoms with Crippen LogP contribution in [-0.4, -0.2) is 74.5 Å². The molecule has 2 aliphatic rings. The Morgan fingerprint density at radius 1 is 1.24 bits per heavy atom. The summed E-state index contributed by atoms with van der Waals surface area (Å²) in [6.07, 6.45) is 4.16. The summed E-state index contributed by atoms with van der Waals surface area (Å²) in [5.74, 6) is 0.983. The molecule has 0 saturated carbocycles. The number of carbonyl (C=O) groups excluding carboxylic acids is 2. The summed E-state index contributed by atoms with van der Waals surface area (Å²) in [6.45, 7) is 5.71. The van der Waals surface area contributed by atoms with Gasteiger partial charge < -0.3 is 15.5 Å². The third kappa shape index (κ3) is 5.28. The molecule has 0 bridgehead atoms. The number of piperazine rings is 1. The molecule has 2 rings (SSSR count). The van der Waals surface area contributed by atoms with E-state index < -0.39 is 0 Å². The van der Waals surface area contributed by atoms with Gasteiger partial charge in [0.15, 0.2) is 0 Å². The summed E-state index contributed by atoms with van der Waals surface area (Å²) in [7, 11) is 1.65. The fourth-order valence-corrected chi connectivity index (χ4v) is 3.09. The summed E-state index contributed by atoms with van der Waals surface area (Å²) in [5, 5.41) is 6.03. The topological polar surface area (TPSA) is 64.7 Å². The standard InChI is InChI=1S/C15H28N4O2/c1-16-14(20)12-18-7-9-19(10-8-18)15(21)5-4-13-3-2-6-17-11-13/h13,17H,2-12H2,1H3,(H,16,20). The number of hydrogen-bond acceptors (Lipinski definition) is 4. The Bertz CT molecular complexity index is 348. The number of nitrogens with zero attached hydrogens (tertiary/aromatic N) is 2. The highest BCUT2D eigenvalue weighted by Gasteiger charge is 2.23. The Labute approximate surface area is 127 Å². The number of likely N-dealkylation sites (N-methyl/N-ethyl adjacent to an activating group) is 1. The van der Waals surface area contributed by atoms with Crippen LogP contribution in [0.1, 0.15) is 25.7 Å². The molecule has 120 valence electrons. The zero-order valence-electron chi connectivity index (χ0n) is 13.1. The van der Waals surface area contributed by atoms with Crippen LogP contribution in [0.2, 0.25) is 0 Å². The van der Waals surface area contributed by atoms with Gasteiger partial charge in [0.05, 0.1) is 6.54 Å². The van der Waals surface area contributed by atoms with E-state index in [1.165, 1.54) is 12.8 Å². The fourth-order valence-electron chi connectivity index (χ4n) is 3.09. The van der Waals surface area contributed by atoms with Crippen molar-refractivity contribution in [3.63, 3.8) is 0 Å². The van der Waals surface area contributed by atoms with Crippen molar-refractivity contribution >= 4 is 11.8 Å². The van der Waals surface area contributed by atoms with Crippen molar-refractivity contribution in [2.75, 3.05) is 52.9 Å². The molecule has 0 aromatic rings. The Morgan fingerprint density at radius 2 is 2.00 bits per heavy atom. The minimum absolute atomic E-state index is 0.0413. The van der Waals surface area contributed by atoms with Crippen molar-refractivity contribution in [1.29, 1.82) is 0 Å². The van der Waals surface area contributed by atoms with Crippen LogP contribution in [0.15, 0.2) is 0 Å². The summed E-state index contributed by atoms with van der Waals surface area (Å²) < 4.78 is 0. The van der Waals surface area contributed by atoms with Crippen molar-refractivity contribution < 1.29 is 9.59 Å². The fraction of sp³-hybridized carbons (Fsp3) is 0.867. The molecule has 2 saturated heterocycles. The highest BCUT2D eigenvalue weighted by molar-refractivity contribution is 5.78. The van der Waals surface area contributed by atoms with Crippen LogP contribution in [0.25, 0.3) is 0 Å². The molecule has 1 atom stereocenters. The maximum atomic E-state index is 12.2. The maximum Gasteiger partial charge on any atom is 0.233 e. The Hall–Kier alpha value is -1.14. The Balaban J connectivity index is 1.64. The molecule has 6 nitrogen and oxygen atoms in total. The molecule has 0 aromatic carbocycles. The van der Waals surface area contributed by atoms with Crippen molar-refractivity contribution in [2.24, 2.45) is 5.92 Å². The van der Waals surface area contributed by atoms with E-state index in [1.807, 2.05) is 4.90 Å². The number of hydrogen-bond donors (Lipinski definition) is 2. The predicted octanol–water partition coefficient (Wildman–Crippen LogP) is -0.344. The lowest BCUT2D eigenvalue weighted by atomic mass is 9.94. The molecule has 0 spiro atoms. The van der Waals surface area contributed by atoms with Crippen molar-refractivity contribution in [3.05, 3.63) is 0 Å². The van der Waals surface area contributed by atoms with Crippen LogP contribution in [0.5, 0.6) is 0 Å². The molecule has 2 N–H and O–H groups in total. The molecular formula is C15H28N4O2. The van der Waals surface area contributed by atoms with E-state index in [1.54, 1.807) is 7.05 Å². The molecule has 0 aliphatic carbocycles. The van der Waals surface area contributed by atoms with Gasteiger partial charge in [0, 0.05) is 39.6 Å². The summed E-state index contributed by atoms with van der Waals surface area (Å²) in [5.41, 5.74) is 0. The lowest BCUT2D eigenvalue weighted by Gasteiger charge is -2.34. The van der Waals surface area contributed by atoms with Gasteiger partial charge in [-0.2, -0.15) is 0 Å². The summed E-state index contributed by atoms with van der Waals surface area (Å²) >= 11 is 0. The highest BCUT2D eigenvalue weighted by Crippen LogP contribution is 2.17. The highest BCUT2D eigenvalue weighted by atomic mass is 16.2. The van der Waals surface area contributed by atoms with Gasteiger partial charge in [0.25, 0.3) is 0 Å². The van der Waals surface area contributed by atoms with E-state index in [9.17, 15) is 9.59 Å². The van der Waals surface area contributed by atoms with E-state index >= 15 is 0 Å². The average Bonchev–Trinajstić information content (AvgIpc) is 2.54. The van der Waals surface area contributed by atoms with E-state index in [2.05, 4.69) is 15.5 Å².